The summed E-state index contributed by atoms with van der Waals surface area (Å²) in [4.78, 5) is 54.2. The number of amides is 2. The van der Waals surface area contributed by atoms with Crippen molar-refractivity contribution >= 4 is 34.3 Å². The minimum atomic E-state index is -0.667. The zero-order chi connectivity index (χ0) is 25.2. The van der Waals surface area contributed by atoms with Gasteiger partial charge in [-0.1, -0.05) is 24.3 Å². The quantitative estimate of drug-likeness (QED) is 0.328. The van der Waals surface area contributed by atoms with Crippen LogP contribution in [0.4, 0.5) is 5.82 Å². The maximum absolute atomic E-state index is 13.3. The van der Waals surface area contributed by atoms with Crippen molar-refractivity contribution in [3.8, 4) is 17.1 Å². The van der Waals surface area contributed by atoms with Crippen molar-refractivity contribution in [3.05, 3.63) is 72.1 Å². The standard InChI is InChI=1S/C26H24N6O4/c1-36-19-15-29-22(18-8-5-9-20(27)30-18)23-21(19)17(14-28-23)24(33)26(35)32-12-10-31(11-13-32)25(34)16-6-3-2-4-7-16/h2-9,14-15,28H,10-13H2,1H3,(H2,27,30). The fourth-order valence-corrected chi connectivity index (χ4v) is 4.36. The number of anilines is 1. The van der Waals surface area contributed by atoms with E-state index in [1.807, 2.05) is 18.2 Å². The summed E-state index contributed by atoms with van der Waals surface area (Å²) in [7, 11) is 1.47. The Morgan fingerprint density at radius 1 is 0.972 bits per heavy atom. The number of rotatable bonds is 5. The van der Waals surface area contributed by atoms with Crippen LogP contribution in [-0.4, -0.2) is 75.6 Å². The highest BCUT2D eigenvalue weighted by atomic mass is 16.5. The van der Waals surface area contributed by atoms with Crippen molar-refractivity contribution in [2.24, 2.45) is 0 Å². The van der Waals surface area contributed by atoms with Crippen molar-refractivity contribution in [1.29, 1.82) is 0 Å². The van der Waals surface area contributed by atoms with E-state index in [1.165, 1.54) is 24.4 Å². The lowest BCUT2D eigenvalue weighted by atomic mass is 10.1. The summed E-state index contributed by atoms with van der Waals surface area (Å²) < 4.78 is 5.45. The molecule has 3 aromatic heterocycles. The van der Waals surface area contributed by atoms with Crippen LogP contribution >= 0.6 is 0 Å². The smallest absolute Gasteiger partial charge is 0.295 e. The molecule has 0 aliphatic carbocycles. The summed E-state index contributed by atoms with van der Waals surface area (Å²) in [6.07, 6.45) is 2.98. The average molecular weight is 485 g/mol. The van der Waals surface area contributed by atoms with Crippen molar-refractivity contribution < 1.29 is 19.1 Å². The summed E-state index contributed by atoms with van der Waals surface area (Å²) in [5, 5.41) is 0.447. The first kappa shape index (κ1) is 23.0. The number of benzene rings is 1. The van der Waals surface area contributed by atoms with Crippen molar-refractivity contribution in [1.82, 2.24) is 24.8 Å². The number of aromatic amines is 1. The molecule has 4 aromatic rings. The number of nitrogens with one attached hydrogen (secondary N) is 1. The van der Waals surface area contributed by atoms with E-state index in [2.05, 4.69) is 15.0 Å². The molecule has 0 bridgehead atoms. The molecule has 182 valence electrons. The van der Waals surface area contributed by atoms with E-state index in [1.54, 1.807) is 35.2 Å². The van der Waals surface area contributed by atoms with Crippen molar-refractivity contribution in [2.75, 3.05) is 39.0 Å². The van der Waals surface area contributed by atoms with Crippen LogP contribution in [0.25, 0.3) is 22.3 Å². The van der Waals surface area contributed by atoms with Gasteiger partial charge in [-0.3, -0.25) is 14.4 Å². The predicted octanol–water partition coefficient (Wildman–Crippen LogP) is 2.38. The molecule has 0 radical (unpaired) electrons. The summed E-state index contributed by atoms with van der Waals surface area (Å²) in [6.45, 7) is 1.23. The molecule has 3 N–H and O–H groups in total. The molecule has 10 heteroatoms. The maximum atomic E-state index is 13.3. The molecule has 1 saturated heterocycles. The van der Waals surface area contributed by atoms with Gasteiger partial charge in [-0.25, -0.2) is 9.97 Å². The molecule has 4 heterocycles. The van der Waals surface area contributed by atoms with Crippen molar-refractivity contribution in [3.63, 3.8) is 0 Å². The third-order valence-corrected chi connectivity index (χ3v) is 6.22. The largest absolute Gasteiger partial charge is 0.494 e. The van der Waals surface area contributed by atoms with Crippen LogP contribution in [0.15, 0.2) is 60.9 Å². The van der Waals surface area contributed by atoms with Gasteiger partial charge in [0.15, 0.2) is 0 Å². The number of nitrogen functional groups attached to an aromatic ring is 1. The Labute approximate surface area is 206 Å². The molecule has 1 aliphatic heterocycles. The van der Waals surface area contributed by atoms with Gasteiger partial charge in [-0.2, -0.15) is 0 Å². The zero-order valence-corrected chi connectivity index (χ0v) is 19.6. The van der Waals surface area contributed by atoms with Crippen LogP contribution in [0.2, 0.25) is 0 Å². The number of carbonyl (C=O) groups is 3. The number of methoxy groups -OCH3 is 1. The number of fused-ring (bicyclic) bond motifs is 1. The second-order valence-corrected chi connectivity index (χ2v) is 8.35. The molecule has 0 unspecified atom stereocenters. The molecule has 36 heavy (non-hydrogen) atoms. The molecule has 1 fully saturated rings. The van der Waals surface area contributed by atoms with E-state index >= 15 is 0 Å². The van der Waals surface area contributed by atoms with Crippen LogP contribution in [0.3, 0.4) is 0 Å². The molecule has 1 aliphatic rings. The third kappa shape index (κ3) is 4.13. The van der Waals surface area contributed by atoms with Gasteiger partial charge in [0.05, 0.1) is 35.5 Å². The topological polar surface area (TPSA) is 135 Å². The molecule has 5 rings (SSSR count). The lowest BCUT2D eigenvalue weighted by molar-refractivity contribution is -0.127. The Morgan fingerprint density at radius 2 is 1.69 bits per heavy atom. The minimum absolute atomic E-state index is 0.0921. The first-order valence-electron chi connectivity index (χ1n) is 11.4. The van der Waals surface area contributed by atoms with Crippen LogP contribution in [0.1, 0.15) is 20.7 Å². The Balaban J connectivity index is 1.38. The van der Waals surface area contributed by atoms with Gasteiger partial charge < -0.3 is 25.3 Å². The highest BCUT2D eigenvalue weighted by Gasteiger charge is 2.31. The molecule has 0 spiro atoms. The molecule has 2 amide bonds. The van der Waals surface area contributed by atoms with Crippen molar-refractivity contribution in [2.45, 2.75) is 0 Å². The zero-order valence-electron chi connectivity index (χ0n) is 19.6. The van der Waals surface area contributed by atoms with E-state index in [9.17, 15) is 14.4 Å². The number of aromatic nitrogens is 3. The second kappa shape index (κ2) is 9.49. The fraction of sp³-hybridized carbons (Fsp3) is 0.192. The predicted molar refractivity (Wildman–Crippen MR) is 134 cm³/mol. The lowest BCUT2D eigenvalue weighted by Crippen LogP contribution is -2.52. The number of carbonyl (C=O) groups excluding carboxylic acids is 3. The summed E-state index contributed by atoms with van der Waals surface area (Å²) in [5.41, 5.74) is 8.13. The Morgan fingerprint density at radius 3 is 2.39 bits per heavy atom. The van der Waals surface area contributed by atoms with Gasteiger partial charge in [0.1, 0.15) is 17.3 Å². The molecule has 0 saturated carbocycles. The number of piperazine rings is 1. The van der Waals surface area contributed by atoms with Gasteiger partial charge in [0.2, 0.25) is 0 Å². The number of H-pyrrole nitrogens is 1. The fourth-order valence-electron chi connectivity index (χ4n) is 4.36. The van der Waals surface area contributed by atoms with Crippen LogP contribution in [-0.2, 0) is 4.79 Å². The molecular formula is C26H24N6O4. The van der Waals surface area contributed by atoms with Gasteiger partial charge >= 0.3 is 0 Å². The van der Waals surface area contributed by atoms with E-state index in [4.69, 9.17) is 10.5 Å². The minimum Gasteiger partial charge on any atom is -0.494 e. The third-order valence-electron chi connectivity index (χ3n) is 6.22. The second-order valence-electron chi connectivity index (χ2n) is 8.35. The average Bonchev–Trinajstić information content (AvgIpc) is 3.37. The molecule has 10 nitrogen and oxygen atoms in total. The number of nitrogens with two attached hydrogens (primary N) is 1. The van der Waals surface area contributed by atoms with E-state index < -0.39 is 11.7 Å². The Hall–Kier alpha value is -4.73. The monoisotopic (exact) mass is 484 g/mol. The number of ether oxygens (including phenoxy) is 1. The lowest BCUT2D eigenvalue weighted by Gasteiger charge is -2.34. The summed E-state index contributed by atoms with van der Waals surface area (Å²) in [5.74, 6) is -0.703. The number of Topliss-reactive ketones (excluding diaryl/α,β-unsaturated/α-hetero) is 1. The normalized spacial score (nSPS) is 13.6. The summed E-state index contributed by atoms with van der Waals surface area (Å²) >= 11 is 0. The highest BCUT2D eigenvalue weighted by molar-refractivity contribution is 6.45. The Kier molecular flexibility index (Phi) is 6.07. The van der Waals surface area contributed by atoms with E-state index in [0.717, 1.165) is 0 Å². The molecule has 0 atom stereocenters. The molecular weight excluding hydrogens is 460 g/mol. The van der Waals surface area contributed by atoms with E-state index in [0.29, 0.717) is 52.5 Å². The number of hydrogen-bond donors (Lipinski definition) is 2. The first-order chi connectivity index (χ1) is 17.5. The van der Waals surface area contributed by atoms with Crippen LogP contribution in [0.5, 0.6) is 5.75 Å². The Bertz CT molecular complexity index is 1460. The number of nitrogens with zero attached hydrogens (tertiary/aromatic N) is 4. The maximum Gasteiger partial charge on any atom is 0.295 e. The SMILES string of the molecule is COc1cnc(-c2cccc(N)n2)c2[nH]cc(C(=O)C(=O)N3CCN(C(=O)c4ccccc4)CC3)c12. The highest BCUT2D eigenvalue weighted by Crippen LogP contribution is 2.34. The molecule has 1 aromatic carbocycles. The summed E-state index contributed by atoms with van der Waals surface area (Å²) in [6, 6.07) is 14.2. The number of pyridine rings is 2. The van der Waals surface area contributed by atoms with Crippen LogP contribution in [0, 0.1) is 0 Å². The first-order valence-corrected chi connectivity index (χ1v) is 11.4. The van der Waals surface area contributed by atoms with Gasteiger partial charge in [0.25, 0.3) is 17.6 Å². The number of hydrogen-bond acceptors (Lipinski definition) is 7. The van der Waals surface area contributed by atoms with Gasteiger partial charge in [0, 0.05) is 37.9 Å². The van der Waals surface area contributed by atoms with Crippen LogP contribution < -0.4 is 10.5 Å². The van der Waals surface area contributed by atoms with E-state index in [-0.39, 0.29) is 24.6 Å². The van der Waals surface area contributed by atoms with Gasteiger partial charge in [-0.05, 0) is 24.3 Å². The van der Waals surface area contributed by atoms with Gasteiger partial charge in [-0.15, -0.1) is 0 Å². The number of ketones is 1.